The predicted octanol–water partition coefficient (Wildman–Crippen LogP) is 0.154. The van der Waals surface area contributed by atoms with Gasteiger partial charge in [-0.15, -0.1) is 0 Å². The lowest BCUT2D eigenvalue weighted by atomic mass is 10.2. The van der Waals surface area contributed by atoms with Gasteiger partial charge >= 0.3 is 0 Å². The molecule has 2 heterocycles. The third-order valence-corrected chi connectivity index (χ3v) is 3.21. The van der Waals surface area contributed by atoms with Gasteiger partial charge in [-0.05, 0) is 20.0 Å². The van der Waals surface area contributed by atoms with Crippen LogP contribution in [-0.4, -0.2) is 62.7 Å². The molecule has 0 atom stereocenters. The first-order valence-electron chi connectivity index (χ1n) is 5.64. The van der Waals surface area contributed by atoms with E-state index < -0.39 is 0 Å². The van der Waals surface area contributed by atoms with Gasteiger partial charge in [0.15, 0.2) is 0 Å². The highest BCUT2D eigenvalue weighted by Crippen LogP contribution is 2.06. The molecule has 2 rings (SSSR count). The van der Waals surface area contributed by atoms with E-state index in [1.54, 1.807) is 5.57 Å². The van der Waals surface area contributed by atoms with Crippen molar-refractivity contribution >= 4 is 0 Å². The summed E-state index contributed by atoms with van der Waals surface area (Å²) in [6, 6.07) is 0. The van der Waals surface area contributed by atoms with E-state index in [4.69, 9.17) is 0 Å². The maximum absolute atomic E-state index is 3.37. The molecule has 2 aliphatic heterocycles. The zero-order chi connectivity index (χ0) is 9.80. The monoisotopic (exact) mass is 195 g/mol. The van der Waals surface area contributed by atoms with E-state index >= 15 is 0 Å². The summed E-state index contributed by atoms with van der Waals surface area (Å²) in [6.07, 6.45) is 3.68. The van der Waals surface area contributed by atoms with Crippen molar-refractivity contribution in [3.8, 4) is 0 Å². The van der Waals surface area contributed by atoms with E-state index in [0.717, 1.165) is 13.1 Å². The Balaban J connectivity index is 1.72. The maximum Gasteiger partial charge on any atom is 0.0167 e. The van der Waals surface area contributed by atoms with Gasteiger partial charge in [0, 0.05) is 39.3 Å². The summed E-state index contributed by atoms with van der Waals surface area (Å²) in [5.74, 6) is 0. The van der Waals surface area contributed by atoms with Crippen LogP contribution >= 0.6 is 0 Å². The number of hydrogen-bond acceptors (Lipinski definition) is 3. The van der Waals surface area contributed by atoms with Gasteiger partial charge in [0.1, 0.15) is 0 Å². The van der Waals surface area contributed by atoms with Gasteiger partial charge in [0.05, 0.1) is 0 Å². The fourth-order valence-electron chi connectivity index (χ4n) is 2.05. The number of rotatable bonds is 2. The summed E-state index contributed by atoms with van der Waals surface area (Å²) in [5.41, 5.74) is 1.60. The number of hydrogen-bond donors (Lipinski definition) is 1. The van der Waals surface area contributed by atoms with Crippen molar-refractivity contribution in [1.82, 2.24) is 15.1 Å². The molecule has 0 saturated carbocycles. The Bertz CT molecular complexity index is 197. The summed E-state index contributed by atoms with van der Waals surface area (Å²) in [6.45, 7) is 8.36. The van der Waals surface area contributed by atoms with Crippen molar-refractivity contribution in [2.75, 3.05) is 52.9 Å². The Hall–Kier alpha value is -0.380. The first kappa shape index (κ1) is 10.1. The molecule has 2 saturated heterocycles. The zero-order valence-corrected chi connectivity index (χ0v) is 9.13. The summed E-state index contributed by atoms with van der Waals surface area (Å²) < 4.78 is 0. The third kappa shape index (κ3) is 2.80. The van der Waals surface area contributed by atoms with Gasteiger partial charge < -0.3 is 10.2 Å². The third-order valence-electron chi connectivity index (χ3n) is 3.21. The van der Waals surface area contributed by atoms with Crippen LogP contribution in [0.5, 0.6) is 0 Å². The second kappa shape index (κ2) is 4.91. The Morgan fingerprint density at radius 3 is 2.71 bits per heavy atom. The summed E-state index contributed by atoms with van der Waals surface area (Å²) in [7, 11) is 2.21. The van der Waals surface area contributed by atoms with E-state index in [9.17, 15) is 0 Å². The fraction of sp³-hybridized carbons (Fsp3) is 0.818. The minimum atomic E-state index is 1.12. The van der Waals surface area contributed by atoms with Gasteiger partial charge in [-0.25, -0.2) is 0 Å². The topological polar surface area (TPSA) is 18.5 Å². The molecule has 2 fully saturated rings. The molecule has 3 heteroatoms. The van der Waals surface area contributed by atoms with Crippen molar-refractivity contribution in [2.24, 2.45) is 0 Å². The molecule has 14 heavy (non-hydrogen) atoms. The molecular formula is C11H21N3. The minimum absolute atomic E-state index is 1.12. The molecule has 0 aromatic heterocycles. The molecule has 0 radical (unpaired) electrons. The molecule has 2 aliphatic rings. The van der Waals surface area contributed by atoms with Crippen LogP contribution in [-0.2, 0) is 0 Å². The normalized spacial score (nSPS) is 28.8. The Kier molecular flexibility index (Phi) is 3.56. The van der Waals surface area contributed by atoms with Crippen molar-refractivity contribution < 1.29 is 0 Å². The highest BCUT2D eigenvalue weighted by molar-refractivity contribution is 5.09. The van der Waals surface area contributed by atoms with E-state index in [0.29, 0.717) is 0 Å². The molecule has 0 aliphatic carbocycles. The lowest BCUT2D eigenvalue weighted by Gasteiger charge is -2.31. The van der Waals surface area contributed by atoms with Crippen molar-refractivity contribution in [1.29, 1.82) is 0 Å². The average molecular weight is 195 g/mol. The van der Waals surface area contributed by atoms with Gasteiger partial charge in [-0.1, -0.05) is 11.6 Å². The lowest BCUT2D eigenvalue weighted by Crippen LogP contribution is -2.44. The second-order valence-corrected chi connectivity index (χ2v) is 4.39. The number of nitrogens with one attached hydrogen (secondary N) is 1. The quantitative estimate of drug-likeness (QED) is 0.633. The summed E-state index contributed by atoms with van der Waals surface area (Å²) in [5, 5.41) is 3.37. The van der Waals surface area contributed by atoms with Crippen LogP contribution in [0.15, 0.2) is 11.6 Å². The van der Waals surface area contributed by atoms with E-state index in [1.807, 2.05) is 0 Å². The molecule has 3 nitrogen and oxygen atoms in total. The molecule has 0 spiro atoms. The first-order chi connectivity index (χ1) is 6.84. The van der Waals surface area contributed by atoms with Gasteiger partial charge in [0.25, 0.3) is 0 Å². The minimum Gasteiger partial charge on any atom is -0.313 e. The summed E-state index contributed by atoms with van der Waals surface area (Å²) >= 11 is 0. The molecule has 0 aromatic carbocycles. The Morgan fingerprint density at radius 2 is 2.07 bits per heavy atom. The molecule has 0 unspecified atom stereocenters. The maximum atomic E-state index is 3.37. The smallest absolute Gasteiger partial charge is 0.0167 e. The van der Waals surface area contributed by atoms with Crippen molar-refractivity contribution in [2.45, 2.75) is 6.42 Å². The second-order valence-electron chi connectivity index (χ2n) is 4.39. The van der Waals surface area contributed by atoms with E-state index in [1.165, 1.54) is 39.1 Å². The van der Waals surface area contributed by atoms with Gasteiger partial charge in [-0.2, -0.15) is 0 Å². The number of piperazine rings is 1. The van der Waals surface area contributed by atoms with Crippen LogP contribution in [0.2, 0.25) is 0 Å². The van der Waals surface area contributed by atoms with Crippen LogP contribution in [0.3, 0.4) is 0 Å². The highest BCUT2D eigenvalue weighted by atomic mass is 15.2. The molecule has 0 aromatic rings. The zero-order valence-electron chi connectivity index (χ0n) is 9.13. The standard InChI is InChI=1S/C11H21N3/c1-13-6-8-14(9-7-13)5-3-11-2-4-12-10-11/h3,12H,2,4-10H2,1H3/b11-3+. The predicted molar refractivity (Wildman–Crippen MR) is 59.5 cm³/mol. The largest absolute Gasteiger partial charge is 0.313 e. The van der Waals surface area contributed by atoms with Crippen LogP contribution in [0, 0.1) is 0 Å². The van der Waals surface area contributed by atoms with E-state index in [2.05, 4.69) is 28.2 Å². The molecule has 1 N–H and O–H groups in total. The average Bonchev–Trinajstić information content (AvgIpc) is 2.70. The molecule has 0 bridgehead atoms. The van der Waals surface area contributed by atoms with E-state index in [-0.39, 0.29) is 0 Å². The SMILES string of the molecule is CN1CCN(C/C=C2\CCNC2)CC1. The van der Waals surface area contributed by atoms with Crippen LogP contribution < -0.4 is 5.32 Å². The Morgan fingerprint density at radius 1 is 1.29 bits per heavy atom. The Labute approximate surface area is 86.8 Å². The number of nitrogens with zero attached hydrogens (tertiary/aromatic N) is 2. The molecule has 80 valence electrons. The van der Waals surface area contributed by atoms with Gasteiger partial charge in [0.2, 0.25) is 0 Å². The van der Waals surface area contributed by atoms with Crippen molar-refractivity contribution in [3.05, 3.63) is 11.6 Å². The lowest BCUT2D eigenvalue weighted by molar-refractivity contribution is 0.166. The van der Waals surface area contributed by atoms with Crippen LogP contribution in [0.4, 0.5) is 0 Å². The highest BCUT2D eigenvalue weighted by Gasteiger charge is 2.12. The van der Waals surface area contributed by atoms with Crippen LogP contribution in [0.1, 0.15) is 6.42 Å². The van der Waals surface area contributed by atoms with Gasteiger partial charge in [-0.3, -0.25) is 4.90 Å². The molecular weight excluding hydrogens is 174 g/mol. The summed E-state index contributed by atoms with van der Waals surface area (Å²) in [4.78, 5) is 4.95. The fourth-order valence-corrected chi connectivity index (χ4v) is 2.05. The van der Waals surface area contributed by atoms with Crippen LogP contribution in [0.25, 0.3) is 0 Å². The first-order valence-corrected chi connectivity index (χ1v) is 5.64. The number of likely N-dealkylation sites (N-methyl/N-ethyl adjacent to an activating group) is 1. The molecule has 0 amide bonds. The van der Waals surface area contributed by atoms with Crippen molar-refractivity contribution in [3.63, 3.8) is 0 Å².